The number of halogens is 2. The molecule has 9 aliphatic carbocycles. The summed E-state index contributed by atoms with van der Waals surface area (Å²) in [6.07, 6.45) is 50.6. The van der Waals surface area contributed by atoms with Crippen LogP contribution in [-0.2, 0) is 35.2 Å². The predicted octanol–water partition coefficient (Wildman–Crippen LogP) is 29.2. The Bertz CT molecular complexity index is 3760. The normalized spacial score (nSPS) is 31.1. The highest BCUT2D eigenvalue weighted by atomic mass is 19.3. The number of hydrogen-bond donors (Lipinski definition) is 0. The molecular weight excluding hydrogens is 1380 g/mol. The Morgan fingerprint density at radius 3 is 1.52 bits per heavy atom. The van der Waals surface area contributed by atoms with Crippen LogP contribution in [0.15, 0.2) is 144 Å². The molecule has 3 saturated carbocycles. The Labute approximate surface area is 681 Å². The summed E-state index contributed by atoms with van der Waals surface area (Å²) in [5, 5.41) is 0. The summed E-state index contributed by atoms with van der Waals surface area (Å²) in [6, 6.07) is 23.8. The molecule has 618 valence electrons. The largest absolute Gasteiger partial charge is 0.493 e. The molecule has 8 heteroatoms. The molecule has 4 aliphatic heterocycles. The highest BCUT2D eigenvalue weighted by molar-refractivity contribution is 5.92. The molecule has 0 spiro atoms. The van der Waals surface area contributed by atoms with Crippen LogP contribution in [0.3, 0.4) is 0 Å². The molecule has 17 rings (SSSR count). The zero-order valence-electron chi connectivity index (χ0n) is 73.7. The third kappa shape index (κ3) is 30.4. The standard InChI is InChI=1S/3C12H20.C11H12F2O.2C11H12O2.C11H14O.3C8H14/c3*1-9-3-5-12-8-10(2)4-6-11(12)7-9;1-7-3-4-9-6-8(2)11(12,13)14-10(9)5-7;1-7-3-4-9-6-8(2)13-11(12)10(9)5-7;1-7-3-4-9-6-8(2)11(12)13-10(9)5-7;1-8-3-4-10-5-9(2)7-12-11(10)6-8;3*1-7-3-5-8(2)6-4-7/h5,9-11H,3-4,6-8H2,1-2H3;3,10-12H,4-8H2,1-2H3;3,5,9-12H,4,6-8H2,1-2H3;3-5,8H,6H2,1-2H3;2*3-5,8H,6H2,1-2H3;3-4,6,9H,5,7H2,1-2H3;2*3,8H,4-6H2,1-2H3;3,5,7-8H,4,6H2,1-2H3. The minimum absolute atomic E-state index is 0.00444. The molecule has 0 bridgehead atoms. The first-order valence-electron chi connectivity index (χ1n) is 44.7. The van der Waals surface area contributed by atoms with Crippen LogP contribution < -0.4 is 14.2 Å². The van der Waals surface area contributed by atoms with E-state index in [1.54, 1.807) is 28.4 Å². The summed E-state index contributed by atoms with van der Waals surface area (Å²) in [5.74, 6) is 15.1. The lowest BCUT2D eigenvalue weighted by molar-refractivity contribution is -0.219. The minimum atomic E-state index is -3.03. The van der Waals surface area contributed by atoms with Crippen LogP contribution >= 0.6 is 0 Å². The molecule has 0 N–H and O–H groups in total. The fraction of sp³-hybridized carbons (Fsp3) is 0.635. The number of carbonyl (C=O) groups is 2. The van der Waals surface area contributed by atoms with Crippen LogP contribution in [0.4, 0.5) is 8.78 Å². The van der Waals surface area contributed by atoms with Gasteiger partial charge in [0.05, 0.1) is 24.0 Å². The maximum Gasteiger partial charge on any atom is 0.400 e. The number of hydrogen-bond acceptors (Lipinski definition) is 6. The first kappa shape index (κ1) is 91.2. The summed E-state index contributed by atoms with van der Waals surface area (Å²) >= 11 is 0. The van der Waals surface area contributed by atoms with E-state index in [4.69, 9.17) is 14.2 Å². The molecule has 112 heavy (non-hydrogen) atoms. The second-order valence-electron chi connectivity index (χ2n) is 38.4. The predicted molar refractivity (Wildman–Crippen MR) is 468 cm³/mol. The van der Waals surface area contributed by atoms with Gasteiger partial charge in [-0.25, -0.2) is 4.79 Å². The average molecular weight is 1540 g/mol. The molecular formula is C104H152F2O6. The first-order chi connectivity index (χ1) is 53.2. The van der Waals surface area contributed by atoms with E-state index in [9.17, 15) is 18.4 Å². The topological polar surface area (TPSA) is 71.1 Å². The third-order valence-corrected chi connectivity index (χ3v) is 26.2. The van der Waals surface area contributed by atoms with E-state index in [-0.39, 0.29) is 24.0 Å². The first-order valence-corrected chi connectivity index (χ1v) is 44.7. The molecule has 0 aromatic heterocycles. The van der Waals surface area contributed by atoms with Crippen molar-refractivity contribution in [3.63, 3.8) is 0 Å². The average Bonchev–Trinajstić information content (AvgIpc) is 0.767. The van der Waals surface area contributed by atoms with Crippen molar-refractivity contribution in [1.82, 2.24) is 0 Å². The summed E-state index contributed by atoms with van der Waals surface area (Å²) in [5.41, 5.74) is 16.3. The van der Waals surface area contributed by atoms with Gasteiger partial charge in [-0.1, -0.05) is 221 Å². The molecule has 0 radical (unpaired) electrons. The number of benzene rings is 4. The number of aryl methyl sites for hydroxylation is 4. The lowest BCUT2D eigenvalue weighted by Crippen LogP contribution is -2.37. The maximum atomic E-state index is 13.2. The van der Waals surface area contributed by atoms with Gasteiger partial charge in [-0.3, -0.25) is 4.79 Å². The van der Waals surface area contributed by atoms with Gasteiger partial charge in [0.2, 0.25) is 0 Å². The monoisotopic (exact) mass is 1540 g/mol. The Balaban J connectivity index is 0.000000157. The van der Waals surface area contributed by atoms with Crippen molar-refractivity contribution in [1.29, 1.82) is 0 Å². The summed E-state index contributed by atoms with van der Waals surface area (Å²) in [6.45, 7) is 44.3. The number of fused-ring (bicyclic) bond motifs is 7. The number of ether oxygens (including phenoxy) is 4. The second-order valence-corrected chi connectivity index (χ2v) is 38.4. The number of cyclic esters (lactones) is 1. The quantitative estimate of drug-likeness (QED) is 0.0993. The fourth-order valence-corrected chi connectivity index (χ4v) is 18.4. The van der Waals surface area contributed by atoms with Gasteiger partial charge < -0.3 is 18.9 Å². The molecule has 18 unspecified atom stereocenters. The molecule has 13 aliphatic rings. The Kier molecular flexibility index (Phi) is 36.4. The van der Waals surface area contributed by atoms with E-state index in [2.05, 4.69) is 168 Å². The Morgan fingerprint density at radius 1 is 0.393 bits per heavy atom. The van der Waals surface area contributed by atoms with Gasteiger partial charge in [-0.05, 0) is 355 Å². The molecule has 0 amide bonds. The molecule has 4 aromatic rings. The van der Waals surface area contributed by atoms with Crippen molar-refractivity contribution >= 4 is 11.9 Å². The number of esters is 2. The van der Waals surface area contributed by atoms with Gasteiger partial charge in [0.25, 0.3) is 0 Å². The van der Waals surface area contributed by atoms with Crippen LogP contribution in [0.2, 0.25) is 0 Å². The number of alkyl halides is 2. The Hall–Kier alpha value is -6.28. The lowest BCUT2D eigenvalue weighted by atomic mass is 9.68. The van der Waals surface area contributed by atoms with E-state index in [1.165, 1.54) is 159 Å². The number of rotatable bonds is 0. The molecule has 6 nitrogen and oxygen atoms in total. The minimum Gasteiger partial charge on any atom is -0.493 e. The fourth-order valence-electron chi connectivity index (χ4n) is 18.4. The van der Waals surface area contributed by atoms with Crippen molar-refractivity contribution in [3.05, 3.63) is 194 Å². The van der Waals surface area contributed by atoms with Crippen LogP contribution in [0.25, 0.3) is 0 Å². The summed E-state index contributed by atoms with van der Waals surface area (Å²) in [7, 11) is 0. The highest BCUT2D eigenvalue weighted by Crippen LogP contribution is 2.45. The van der Waals surface area contributed by atoms with Gasteiger partial charge in [-0.2, -0.15) is 8.78 Å². The lowest BCUT2D eigenvalue weighted by Gasteiger charge is -2.37. The van der Waals surface area contributed by atoms with Gasteiger partial charge >= 0.3 is 18.0 Å². The van der Waals surface area contributed by atoms with Gasteiger partial charge in [-0.15, -0.1) is 0 Å². The maximum absolute atomic E-state index is 13.2. The van der Waals surface area contributed by atoms with Crippen molar-refractivity contribution in [2.24, 2.45) is 101 Å². The smallest absolute Gasteiger partial charge is 0.400 e. The molecule has 4 heterocycles. The van der Waals surface area contributed by atoms with Gasteiger partial charge in [0.15, 0.2) is 0 Å². The zero-order chi connectivity index (χ0) is 81.3. The molecule has 0 saturated heterocycles. The van der Waals surface area contributed by atoms with Crippen LogP contribution in [-0.4, -0.2) is 30.8 Å². The number of carbonyl (C=O) groups excluding carboxylic acids is 2. The van der Waals surface area contributed by atoms with Gasteiger partial charge in [0, 0.05) is 6.42 Å². The Morgan fingerprint density at radius 2 is 0.920 bits per heavy atom. The molecule has 3 fully saturated rings. The molecule has 18 atom stereocenters. The van der Waals surface area contributed by atoms with E-state index in [0.29, 0.717) is 18.1 Å². The van der Waals surface area contributed by atoms with E-state index in [1.807, 2.05) is 83.1 Å². The zero-order valence-corrected chi connectivity index (χ0v) is 73.7. The highest BCUT2D eigenvalue weighted by Gasteiger charge is 2.43. The van der Waals surface area contributed by atoms with Crippen LogP contribution in [0, 0.1) is 128 Å². The summed E-state index contributed by atoms with van der Waals surface area (Å²) in [4.78, 5) is 22.7. The SMILES string of the molecule is CC1=CCC(C)CC1.CC1=CCC(C)CC1.CC1=CCC2CC(C)CCC2C1.CC1C=CC(C)CC1.CC1C=CC2CC(C)CCC2C1.CC1CCC2CC(C)CC=C2C1.Cc1ccc2c(c1)C(=O)OC(C)C2.Cc1ccc2c(c1)OC(=O)C(C)C2.Cc1ccc2c(c1)OC(F)(F)C(C)C2.Cc1ccc2c(c1)OCC(C)C2. The van der Waals surface area contributed by atoms with Crippen molar-refractivity contribution < 1.29 is 37.3 Å². The third-order valence-electron chi connectivity index (χ3n) is 26.2. The van der Waals surface area contributed by atoms with E-state index >= 15 is 0 Å². The molecule has 4 aromatic carbocycles. The van der Waals surface area contributed by atoms with Crippen LogP contribution in [0.1, 0.15) is 307 Å². The van der Waals surface area contributed by atoms with Crippen molar-refractivity contribution in [2.45, 2.75) is 318 Å². The van der Waals surface area contributed by atoms with E-state index < -0.39 is 12.0 Å². The second kappa shape index (κ2) is 44.7. The van der Waals surface area contributed by atoms with Crippen LogP contribution in [0.5, 0.6) is 17.2 Å². The van der Waals surface area contributed by atoms with E-state index in [0.717, 1.165) is 159 Å². The number of allylic oxidation sites excluding steroid dienone is 12. The summed E-state index contributed by atoms with van der Waals surface area (Å²) < 4.78 is 47.0. The van der Waals surface area contributed by atoms with Crippen molar-refractivity contribution in [3.8, 4) is 17.2 Å². The van der Waals surface area contributed by atoms with Gasteiger partial charge in [0.1, 0.15) is 23.4 Å². The van der Waals surface area contributed by atoms with Crippen molar-refractivity contribution in [2.75, 3.05) is 6.61 Å².